The molecule has 41 heteroatoms. The van der Waals surface area contributed by atoms with Crippen LogP contribution in [0, 0.1) is 35.0 Å². The quantitative estimate of drug-likeness (QED) is 0.0156. The van der Waals surface area contributed by atoms with Gasteiger partial charge in [0.2, 0.25) is 5.91 Å². The van der Waals surface area contributed by atoms with Crippen LogP contribution in [0.3, 0.4) is 0 Å². The summed E-state index contributed by atoms with van der Waals surface area (Å²) in [6.07, 6.45) is 9.80. The van der Waals surface area contributed by atoms with E-state index in [1.807, 2.05) is 72.3 Å². The van der Waals surface area contributed by atoms with Gasteiger partial charge in [0.15, 0.2) is 22.4 Å². The maximum Gasteiger partial charge on any atom is 0.410 e. The van der Waals surface area contributed by atoms with Crippen LogP contribution in [0.4, 0.5) is 9.93 Å². The first-order valence-electron chi connectivity index (χ1n) is 51.7. The molecule has 0 radical (unpaired) electrons. The number of methoxy groups -OCH3 is 2. The number of thiazole rings is 1. The molecule has 4 heterocycles. The van der Waals surface area contributed by atoms with Crippen molar-refractivity contribution in [1.29, 1.82) is 0 Å². The third kappa shape index (κ3) is 40.1. The van der Waals surface area contributed by atoms with Crippen molar-refractivity contribution in [2.45, 2.75) is 143 Å². The molecule has 822 valence electrons. The number of carbonyl (C=O) groups is 8. The monoisotopic (exact) mass is 2120 g/mol. The van der Waals surface area contributed by atoms with Crippen LogP contribution in [0.25, 0.3) is 43.4 Å². The number of rotatable bonds is 80. The summed E-state index contributed by atoms with van der Waals surface area (Å²) in [6, 6.07) is 26.6. The van der Waals surface area contributed by atoms with Crippen molar-refractivity contribution in [3.63, 3.8) is 0 Å². The van der Waals surface area contributed by atoms with Gasteiger partial charge in [-0.3, -0.25) is 48.2 Å². The zero-order chi connectivity index (χ0) is 106. The van der Waals surface area contributed by atoms with Crippen molar-refractivity contribution in [2.24, 2.45) is 28.1 Å². The number of Topliss-reactive ketones (excluding diaryl/α,β-unsaturated/α-hetero) is 2. The Labute approximate surface area is 877 Å². The van der Waals surface area contributed by atoms with Gasteiger partial charge < -0.3 is 105 Å². The lowest BCUT2D eigenvalue weighted by Gasteiger charge is -2.69. The number of para-hydroxylation sites is 1. The topological polar surface area (TPSA) is 455 Å². The lowest BCUT2D eigenvalue weighted by Crippen LogP contribution is -2.64. The number of nitrogens with zero attached hydrogens (tertiary/aromatic N) is 7. The highest BCUT2D eigenvalue weighted by molar-refractivity contribution is 7.85. The van der Waals surface area contributed by atoms with Crippen molar-refractivity contribution in [2.75, 3.05) is 269 Å². The Hall–Kier alpha value is -9.52. The van der Waals surface area contributed by atoms with Gasteiger partial charge in [0.1, 0.15) is 6.61 Å². The summed E-state index contributed by atoms with van der Waals surface area (Å²) in [5.41, 5.74) is 4.40. The van der Waals surface area contributed by atoms with E-state index in [1.54, 1.807) is 71.5 Å². The molecule has 3 aromatic heterocycles. The van der Waals surface area contributed by atoms with Gasteiger partial charge in [-0.2, -0.15) is 13.5 Å². The zero-order valence-corrected chi connectivity index (χ0v) is 89.3. The maximum atomic E-state index is 14.8. The summed E-state index contributed by atoms with van der Waals surface area (Å²) in [6.45, 7) is 26.0. The van der Waals surface area contributed by atoms with E-state index in [1.165, 1.54) is 16.2 Å². The Kier molecular flexibility index (Phi) is 50.3. The number of carboxylic acid groups (broad SMARTS) is 1. The fourth-order valence-electron chi connectivity index (χ4n) is 20.5. The van der Waals surface area contributed by atoms with E-state index in [0.717, 1.165) is 76.0 Å². The number of amides is 5. The highest BCUT2D eigenvalue weighted by Crippen LogP contribution is 2.72. The number of anilines is 1. The minimum atomic E-state index is -4.60. The molecule has 4 aromatic carbocycles. The van der Waals surface area contributed by atoms with Crippen LogP contribution in [0.2, 0.25) is 0 Å². The van der Waals surface area contributed by atoms with Gasteiger partial charge in [0, 0.05) is 119 Å². The largest absolute Gasteiger partial charge is 0.476 e. The lowest BCUT2D eigenvalue weighted by molar-refractivity contribution is -0.248. The molecular weight excluding hydrogens is 1970 g/mol. The van der Waals surface area contributed by atoms with Gasteiger partial charge in [-0.15, -0.1) is 0 Å². The third-order valence-electron chi connectivity index (χ3n) is 26.7. The smallest absolute Gasteiger partial charge is 0.410 e. The molecule has 4 N–H and O–H groups in total. The molecule has 1 aliphatic heterocycles. The van der Waals surface area contributed by atoms with Crippen LogP contribution in [0.5, 0.6) is 0 Å². The molecule has 4 bridgehead atoms. The molecule has 4 fully saturated rings. The van der Waals surface area contributed by atoms with Gasteiger partial charge in [-0.1, -0.05) is 93.6 Å². The first-order valence-corrected chi connectivity index (χ1v) is 54.1. The molecule has 2 unspecified atom stereocenters. The second-order valence-electron chi connectivity index (χ2n) is 39.3. The molecule has 7 aromatic rings. The summed E-state index contributed by atoms with van der Waals surface area (Å²) in [7, 11) is -1.35. The first kappa shape index (κ1) is 120. The van der Waals surface area contributed by atoms with Crippen LogP contribution in [-0.4, -0.2) is 375 Å². The van der Waals surface area contributed by atoms with Crippen molar-refractivity contribution in [1.82, 2.24) is 39.8 Å². The SMILES string of the molecule is COCCOCCOCCOCCOCCOCCOCCOCCCN(CCCOCCOCCOCCOCCOCCOCCOCCOC)CCCc1cc(CC(=O)[C@H](C)NC(=O)[C@@H](CC(=O)CN2C(=O)C=CC2=O)C(C)C)ccc1COC(=O)N(CCOC12CC3(C)CC(C)(CC(Cn4ncc(-c5ccc(-c6ccc7cccc(C(=O)Nc8nc9ccccc9s8)c7c6)nc5C(=O)O)c4C)(C3)C1)C2)CCS(=O)(=O)O. The number of aryl methyl sites for hydroxylation is 1. The van der Waals surface area contributed by atoms with E-state index in [0.29, 0.717) is 306 Å². The minimum absolute atomic E-state index is 0.00607. The van der Waals surface area contributed by atoms with Crippen LogP contribution in [0.1, 0.15) is 142 Å². The predicted molar refractivity (Wildman–Crippen MR) is 557 cm³/mol. The number of benzene rings is 4. The Morgan fingerprint density at radius 1 is 0.550 bits per heavy atom. The maximum absolute atomic E-state index is 14.8. The van der Waals surface area contributed by atoms with E-state index >= 15 is 0 Å². The molecule has 149 heavy (non-hydrogen) atoms. The van der Waals surface area contributed by atoms with Crippen molar-refractivity contribution >= 4 is 94.8 Å². The molecule has 4 atom stereocenters. The van der Waals surface area contributed by atoms with Gasteiger partial charge in [0.25, 0.3) is 27.8 Å². The van der Waals surface area contributed by atoms with Gasteiger partial charge in [-0.25, -0.2) is 19.6 Å². The second-order valence-corrected chi connectivity index (χ2v) is 41.9. The first-order chi connectivity index (χ1) is 71.9. The summed E-state index contributed by atoms with van der Waals surface area (Å²) in [4.78, 5) is 122. The van der Waals surface area contributed by atoms with E-state index < -0.39 is 82.1 Å². The standard InChI is InChI=1S/C108H153N9O30S2/c1-79(2)90(68-87(118)70-116-97(120)26-27-98(116)121)101(123)110-80(3)95(119)66-82-20-21-86(84(65-82)16-12-28-114(29-13-33-132-40-42-136-48-50-140-56-58-144-62-60-142-54-52-138-46-44-134-38-36-130-7)30-14-34-133-41-43-137-49-51-141-57-59-145-63-61-143-55-53-139-47-45-135-39-37-131-8)71-146-104(126)115(32-64-149(127,128)129)31-35-147-108-75-105(5)72-106(6,76-108)74-107(73-105,77-108)78-117-81(4)92(69-109-117)88-24-25-93(111-99(88)102(124)125)85-23-22-83-15-11-17-89(91(83)67-85)100(122)113-103-112-94-18-9-10-19-96(94)148-103/h9-11,15,17-27,65,67,69,79-80,90H,12-14,16,28-64,66,68,70-78H2,1-8H3,(H,110,123)(H,124,125)(H,112,113,122)(H,127,128,129)/t80-,90-,105?,106?,107?,108?/m0/s1. The third-order valence-corrected chi connectivity index (χ3v) is 28.3. The van der Waals surface area contributed by atoms with Gasteiger partial charge in [-0.05, 0) is 171 Å². The number of pyridine rings is 1. The van der Waals surface area contributed by atoms with E-state index in [2.05, 4.69) is 34.4 Å². The molecule has 5 aliphatic rings. The van der Waals surface area contributed by atoms with Crippen molar-refractivity contribution in [3.05, 3.63) is 143 Å². The number of aromatic nitrogens is 4. The van der Waals surface area contributed by atoms with Crippen LogP contribution in [-0.2, 0) is 145 Å². The number of imide groups is 1. The Balaban J connectivity index is 0.712. The Morgan fingerprint density at radius 3 is 1.60 bits per heavy atom. The molecule has 4 saturated carbocycles. The fourth-order valence-corrected chi connectivity index (χ4v) is 21.9. The summed E-state index contributed by atoms with van der Waals surface area (Å²) >= 11 is 1.38. The number of aromatic carboxylic acids is 1. The normalized spacial score (nSPS) is 17.9. The summed E-state index contributed by atoms with van der Waals surface area (Å²) < 4.78 is 141. The zero-order valence-electron chi connectivity index (χ0n) is 87.7. The Bertz CT molecular complexity index is 5410. The number of hydrogen-bond donors (Lipinski definition) is 4. The number of carboxylic acids is 1. The average molecular weight is 2120 g/mol. The molecular formula is C108H153N9O30S2. The number of carbonyl (C=O) groups excluding carboxylic acids is 7. The van der Waals surface area contributed by atoms with E-state index in [4.69, 9.17) is 95.3 Å². The van der Waals surface area contributed by atoms with Crippen molar-refractivity contribution < 1.29 is 142 Å². The second kappa shape index (κ2) is 62.6. The van der Waals surface area contributed by atoms with Gasteiger partial charge in [0.05, 0.1) is 238 Å². The van der Waals surface area contributed by atoms with Crippen LogP contribution >= 0.6 is 11.3 Å². The molecule has 0 spiro atoms. The molecule has 0 saturated heterocycles. The minimum Gasteiger partial charge on any atom is -0.476 e. The number of nitrogens with one attached hydrogen (secondary N) is 2. The van der Waals surface area contributed by atoms with Crippen LogP contribution < -0.4 is 10.6 Å². The number of fused-ring (bicyclic) bond motifs is 2. The number of hydrogen-bond acceptors (Lipinski definition) is 33. The molecule has 4 aliphatic carbocycles. The fraction of sp³-hybridized carbons (Fsp3) is 0.620. The molecule has 5 amide bonds. The number of ketones is 2. The predicted octanol–water partition coefficient (Wildman–Crippen LogP) is 11.6. The lowest BCUT2D eigenvalue weighted by atomic mass is 9.39. The highest BCUT2D eigenvalue weighted by atomic mass is 32.2. The Morgan fingerprint density at radius 2 is 1.08 bits per heavy atom. The van der Waals surface area contributed by atoms with E-state index in [-0.39, 0.29) is 72.1 Å². The van der Waals surface area contributed by atoms with Gasteiger partial charge >= 0.3 is 12.1 Å². The summed E-state index contributed by atoms with van der Waals surface area (Å²) in [5, 5.41) is 23.6. The summed E-state index contributed by atoms with van der Waals surface area (Å²) in [5.74, 6) is -6.22. The molecule has 39 nitrogen and oxygen atoms in total. The number of ether oxygens (including phenoxy) is 18. The van der Waals surface area contributed by atoms with E-state index in [9.17, 15) is 56.4 Å². The van der Waals surface area contributed by atoms with Crippen molar-refractivity contribution in [3.8, 4) is 22.4 Å². The van der Waals surface area contributed by atoms with Crippen LogP contribution in [0.15, 0.2) is 109 Å². The average Bonchev–Trinajstić information content (AvgIpc) is 1.06. The highest BCUT2D eigenvalue weighted by Gasteiger charge is 2.66. The molecule has 12 rings (SSSR count).